The molecule has 4 rings (SSSR count). The van der Waals surface area contributed by atoms with Crippen LogP contribution in [0, 0.1) is 23.1 Å². The van der Waals surface area contributed by atoms with Crippen molar-refractivity contribution in [2.45, 2.75) is 44.1 Å². The van der Waals surface area contributed by atoms with Crippen molar-refractivity contribution in [3.05, 3.63) is 65.7 Å². The molecule has 1 fully saturated rings. The molecule has 164 valence electrons. The number of ether oxygens (including phenoxy) is 1. The van der Waals surface area contributed by atoms with E-state index in [-0.39, 0.29) is 30.1 Å². The second-order valence-corrected chi connectivity index (χ2v) is 8.20. The van der Waals surface area contributed by atoms with Crippen LogP contribution in [0.15, 0.2) is 48.8 Å². The van der Waals surface area contributed by atoms with Gasteiger partial charge in [-0.15, -0.1) is 0 Å². The molecular formula is C25H25FN4O2. The Balaban J connectivity index is 1.44. The zero-order valence-corrected chi connectivity index (χ0v) is 17.9. The number of carbonyl (C=O) groups is 1. The first-order valence-electron chi connectivity index (χ1n) is 10.8. The molecule has 1 aromatic carbocycles. The highest BCUT2D eigenvalue weighted by Crippen LogP contribution is 2.39. The van der Waals surface area contributed by atoms with Crippen LogP contribution in [0.4, 0.5) is 4.39 Å². The summed E-state index contributed by atoms with van der Waals surface area (Å²) in [5.74, 6) is 0.467. The fourth-order valence-corrected chi connectivity index (χ4v) is 4.65. The average Bonchev–Trinajstić information content (AvgIpc) is 2.83. The maximum absolute atomic E-state index is 13.8. The number of amides is 1. The summed E-state index contributed by atoms with van der Waals surface area (Å²) in [5, 5.41) is 13.2. The van der Waals surface area contributed by atoms with Crippen molar-refractivity contribution in [1.29, 1.82) is 5.26 Å². The van der Waals surface area contributed by atoms with Crippen molar-refractivity contribution < 1.29 is 13.9 Å². The summed E-state index contributed by atoms with van der Waals surface area (Å²) < 4.78 is 18.9. The minimum Gasteiger partial charge on any atom is -0.481 e. The first-order valence-corrected chi connectivity index (χ1v) is 10.8. The summed E-state index contributed by atoms with van der Waals surface area (Å²) in [6.07, 6.45) is 7.12. The van der Waals surface area contributed by atoms with Crippen molar-refractivity contribution in [1.82, 2.24) is 15.3 Å². The van der Waals surface area contributed by atoms with Crippen molar-refractivity contribution in [2.75, 3.05) is 7.11 Å². The molecule has 2 aromatic heterocycles. The molecule has 1 aliphatic rings. The second kappa shape index (κ2) is 9.73. The van der Waals surface area contributed by atoms with E-state index < -0.39 is 0 Å². The maximum atomic E-state index is 13.8. The summed E-state index contributed by atoms with van der Waals surface area (Å²) in [6, 6.07) is 12.0. The highest BCUT2D eigenvalue weighted by Gasteiger charge is 2.30. The zero-order chi connectivity index (χ0) is 22.5. The van der Waals surface area contributed by atoms with Gasteiger partial charge in [-0.25, -0.2) is 9.37 Å². The van der Waals surface area contributed by atoms with Gasteiger partial charge in [0, 0.05) is 29.9 Å². The summed E-state index contributed by atoms with van der Waals surface area (Å²) in [5.41, 5.74) is 2.36. The molecule has 2 heterocycles. The van der Waals surface area contributed by atoms with E-state index in [9.17, 15) is 14.4 Å². The number of nitriles is 1. The van der Waals surface area contributed by atoms with Crippen molar-refractivity contribution in [3.8, 4) is 11.9 Å². The number of methoxy groups -OCH3 is 1. The Kier molecular flexibility index (Phi) is 6.60. The quantitative estimate of drug-likeness (QED) is 0.607. The number of halogens is 1. The van der Waals surface area contributed by atoms with Gasteiger partial charge in [-0.2, -0.15) is 5.26 Å². The normalized spacial score (nSPS) is 19.2. The Hall–Kier alpha value is -3.53. The third kappa shape index (κ3) is 4.70. The van der Waals surface area contributed by atoms with Crippen molar-refractivity contribution >= 4 is 16.8 Å². The number of rotatable bonds is 6. The Morgan fingerprint density at radius 1 is 1.22 bits per heavy atom. The Morgan fingerprint density at radius 2 is 2.03 bits per heavy atom. The zero-order valence-electron chi connectivity index (χ0n) is 17.9. The molecule has 0 saturated heterocycles. The monoisotopic (exact) mass is 432 g/mol. The number of fused-ring (bicyclic) bond motifs is 1. The fourth-order valence-electron chi connectivity index (χ4n) is 4.65. The number of hydrogen-bond donors (Lipinski definition) is 1. The van der Waals surface area contributed by atoms with E-state index in [1.807, 2.05) is 6.07 Å². The molecule has 1 atom stereocenters. The Labute approximate surface area is 186 Å². The van der Waals surface area contributed by atoms with Gasteiger partial charge >= 0.3 is 0 Å². The van der Waals surface area contributed by atoms with Gasteiger partial charge in [-0.1, -0.05) is 0 Å². The molecule has 1 saturated carbocycles. The lowest BCUT2D eigenvalue weighted by molar-refractivity contribution is 0.0912. The van der Waals surface area contributed by atoms with E-state index in [0.29, 0.717) is 17.4 Å². The summed E-state index contributed by atoms with van der Waals surface area (Å²) in [6.45, 7) is 0. The molecule has 32 heavy (non-hydrogen) atoms. The number of nitrogens with zero attached hydrogens (tertiary/aromatic N) is 3. The van der Waals surface area contributed by atoms with E-state index in [1.54, 1.807) is 30.5 Å². The number of pyridine rings is 2. The highest BCUT2D eigenvalue weighted by atomic mass is 19.1. The smallest absolute Gasteiger partial charge is 0.253 e. The average molecular weight is 432 g/mol. The second-order valence-electron chi connectivity index (χ2n) is 8.20. The SMILES string of the molecule is COc1ccc(C(=O)NC(CC#N)[C@H]2CC[C@@H](c3ccnc4ccc(F)cc43)CC2)cn1. The van der Waals surface area contributed by atoms with Crippen LogP contribution >= 0.6 is 0 Å². The number of carbonyl (C=O) groups excluding carboxylic acids is 1. The van der Waals surface area contributed by atoms with E-state index in [0.717, 1.165) is 42.1 Å². The Bertz CT molecular complexity index is 1130. The molecule has 7 heteroatoms. The molecule has 1 amide bonds. The van der Waals surface area contributed by atoms with Gasteiger partial charge in [0.05, 0.1) is 30.7 Å². The fraction of sp³-hybridized carbons (Fsp3) is 0.360. The lowest BCUT2D eigenvalue weighted by atomic mass is 9.75. The van der Waals surface area contributed by atoms with Gasteiger partial charge in [0.2, 0.25) is 5.88 Å². The van der Waals surface area contributed by atoms with Crippen LogP contribution in [0.1, 0.15) is 53.9 Å². The van der Waals surface area contributed by atoms with Gasteiger partial charge in [0.1, 0.15) is 5.82 Å². The highest BCUT2D eigenvalue weighted by molar-refractivity contribution is 5.94. The molecule has 0 aliphatic heterocycles. The third-order valence-electron chi connectivity index (χ3n) is 6.35. The summed E-state index contributed by atoms with van der Waals surface area (Å²) in [7, 11) is 1.52. The van der Waals surface area contributed by atoms with Crippen molar-refractivity contribution in [2.24, 2.45) is 5.92 Å². The minimum absolute atomic E-state index is 0.214. The van der Waals surface area contributed by atoms with Crippen LogP contribution in [-0.2, 0) is 0 Å². The van der Waals surface area contributed by atoms with Crippen molar-refractivity contribution in [3.63, 3.8) is 0 Å². The van der Waals surface area contributed by atoms with Crippen LogP contribution in [0.2, 0.25) is 0 Å². The molecular weight excluding hydrogens is 407 g/mol. The largest absolute Gasteiger partial charge is 0.481 e. The summed E-state index contributed by atoms with van der Waals surface area (Å²) >= 11 is 0. The predicted molar refractivity (Wildman–Crippen MR) is 119 cm³/mol. The van der Waals surface area contributed by atoms with Gasteiger partial charge in [-0.3, -0.25) is 9.78 Å². The number of nitrogens with one attached hydrogen (secondary N) is 1. The standard InChI is InChI=1S/C25H25FN4O2/c1-32-24-9-6-18(15-29-24)25(31)30-22(10-12-27)17-4-2-16(3-5-17)20-11-13-28-23-8-7-19(26)14-21(20)23/h6-9,11,13-17,22H,2-5,10H2,1H3,(H,30,31)/t16-,17+,22?. The van der Waals surface area contributed by atoms with Crippen LogP contribution in [0.25, 0.3) is 10.9 Å². The number of benzene rings is 1. The molecule has 6 nitrogen and oxygen atoms in total. The first kappa shape index (κ1) is 21.7. The van der Waals surface area contributed by atoms with Gasteiger partial charge in [-0.05, 0) is 73.4 Å². The van der Waals surface area contributed by atoms with E-state index in [1.165, 1.54) is 19.4 Å². The molecule has 0 spiro atoms. The Morgan fingerprint density at radius 3 is 2.72 bits per heavy atom. The minimum atomic E-state index is -0.259. The topological polar surface area (TPSA) is 87.9 Å². The molecule has 0 radical (unpaired) electrons. The van der Waals surface area contributed by atoms with Crippen LogP contribution in [0.3, 0.4) is 0 Å². The summed E-state index contributed by atoms with van der Waals surface area (Å²) in [4.78, 5) is 21.1. The molecule has 3 aromatic rings. The first-order chi connectivity index (χ1) is 15.6. The van der Waals surface area contributed by atoms with Gasteiger partial charge in [0.15, 0.2) is 0 Å². The number of hydrogen-bond acceptors (Lipinski definition) is 5. The van der Waals surface area contributed by atoms with E-state index in [2.05, 4.69) is 21.4 Å². The molecule has 1 aliphatic carbocycles. The lowest BCUT2D eigenvalue weighted by Gasteiger charge is -2.34. The maximum Gasteiger partial charge on any atom is 0.253 e. The number of aromatic nitrogens is 2. The van der Waals surface area contributed by atoms with Crippen LogP contribution in [0.5, 0.6) is 5.88 Å². The predicted octanol–water partition coefficient (Wildman–Crippen LogP) is 4.76. The third-order valence-corrected chi connectivity index (χ3v) is 6.35. The van der Waals surface area contributed by atoms with Crippen LogP contribution in [-0.4, -0.2) is 29.0 Å². The molecule has 1 unspecified atom stereocenters. The molecule has 1 N–H and O–H groups in total. The van der Waals surface area contributed by atoms with E-state index >= 15 is 0 Å². The van der Waals surface area contributed by atoms with E-state index in [4.69, 9.17) is 4.74 Å². The van der Waals surface area contributed by atoms with Gasteiger partial charge in [0.25, 0.3) is 5.91 Å². The van der Waals surface area contributed by atoms with Gasteiger partial charge < -0.3 is 10.1 Å². The molecule has 0 bridgehead atoms. The van der Waals surface area contributed by atoms with Crippen LogP contribution < -0.4 is 10.1 Å². The lowest BCUT2D eigenvalue weighted by Crippen LogP contribution is -2.41.